The molecule has 0 bridgehead atoms. The van der Waals surface area contributed by atoms with Crippen LogP contribution < -0.4 is 15.2 Å². The maximum absolute atomic E-state index is 13.1. The molecule has 0 aliphatic heterocycles. The van der Waals surface area contributed by atoms with E-state index in [0.717, 1.165) is 30.3 Å². The predicted octanol–water partition coefficient (Wildman–Crippen LogP) is 1.42. The van der Waals surface area contributed by atoms with Gasteiger partial charge in [-0.15, -0.1) is 0 Å². The van der Waals surface area contributed by atoms with Crippen LogP contribution in [-0.2, 0) is 19.6 Å². The van der Waals surface area contributed by atoms with Gasteiger partial charge in [-0.1, -0.05) is 0 Å². The number of hydrogen-bond acceptors (Lipinski definition) is 6. The number of nitrogens with one attached hydrogen (secondary N) is 1. The fourth-order valence-corrected chi connectivity index (χ4v) is 2.54. The normalized spacial score (nSPS) is 11.0. The molecular formula is C16H14F2N2O6S. The van der Waals surface area contributed by atoms with Gasteiger partial charge in [0.05, 0.1) is 12.0 Å². The van der Waals surface area contributed by atoms with Gasteiger partial charge in [0.2, 0.25) is 10.0 Å². The highest BCUT2D eigenvalue weighted by molar-refractivity contribution is 7.89. The van der Waals surface area contributed by atoms with Crippen molar-refractivity contribution >= 4 is 27.6 Å². The van der Waals surface area contributed by atoms with Crippen LogP contribution in [0.25, 0.3) is 0 Å². The molecule has 0 fully saturated rings. The number of ether oxygens (including phenoxy) is 2. The third kappa shape index (κ3) is 5.21. The van der Waals surface area contributed by atoms with Gasteiger partial charge in [-0.25, -0.2) is 27.1 Å². The maximum atomic E-state index is 13.1. The molecule has 144 valence electrons. The third-order valence-corrected chi connectivity index (χ3v) is 4.17. The lowest BCUT2D eigenvalue weighted by molar-refractivity contribution is -0.119. The van der Waals surface area contributed by atoms with Gasteiger partial charge in [-0.05, 0) is 30.3 Å². The van der Waals surface area contributed by atoms with Crippen LogP contribution in [0.2, 0.25) is 0 Å². The average Bonchev–Trinajstić information content (AvgIpc) is 2.61. The summed E-state index contributed by atoms with van der Waals surface area (Å²) in [7, 11) is -2.82. The van der Waals surface area contributed by atoms with E-state index >= 15 is 0 Å². The molecule has 8 nitrogen and oxygen atoms in total. The molecule has 0 saturated heterocycles. The van der Waals surface area contributed by atoms with E-state index < -0.39 is 40.1 Å². The standard InChI is InChI=1S/C16H14F2N2O6S/c1-25-14-5-3-10(27(19,23)24)7-11(14)16(22)26-8-15(21)20-9-2-4-12(17)13(18)6-9/h2-7H,8H2,1H3,(H,20,21)(H2,19,23,24). The number of esters is 1. The van der Waals surface area contributed by atoms with Crippen LogP contribution in [0.3, 0.4) is 0 Å². The summed E-state index contributed by atoms with van der Waals surface area (Å²) in [4.78, 5) is 23.6. The Morgan fingerprint density at radius 2 is 1.81 bits per heavy atom. The smallest absolute Gasteiger partial charge is 0.342 e. The molecule has 0 aromatic heterocycles. The van der Waals surface area contributed by atoms with E-state index in [-0.39, 0.29) is 21.9 Å². The number of methoxy groups -OCH3 is 1. The Hall–Kier alpha value is -3.05. The third-order valence-electron chi connectivity index (χ3n) is 3.26. The molecule has 3 N–H and O–H groups in total. The molecule has 11 heteroatoms. The maximum Gasteiger partial charge on any atom is 0.342 e. The number of rotatable bonds is 6. The van der Waals surface area contributed by atoms with Crippen molar-refractivity contribution in [2.75, 3.05) is 19.0 Å². The van der Waals surface area contributed by atoms with Crippen LogP contribution in [-0.4, -0.2) is 34.0 Å². The zero-order valence-corrected chi connectivity index (χ0v) is 14.7. The Morgan fingerprint density at radius 1 is 1.11 bits per heavy atom. The van der Waals surface area contributed by atoms with Crippen molar-refractivity contribution < 1.29 is 36.3 Å². The number of carbonyl (C=O) groups is 2. The summed E-state index contributed by atoms with van der Waals surface area (Å²) in [5.41, 5.74) is -0.298. The first kappa shape index (κ1) is 20.3. The van der Waals surface area contributed by atoms with E-state index in [0.29, 0.717) is 0 Å². The minimum Gasteiger partial charge on any atom is -0.496 e. The highest BCUT2D eigenvalue weighted by Crippen LogP contribution is 2.23. The van der Waals surface area contributed by atoms with E-state index in [9.17, 15) is 26.8 Å². The first-order valence-electron chi connectivity index (χ1n) is 7.24. The Labute approximate surface area is 152 Å². The number of hydrogen-bond donors (Lipinski definition) is 2. The quantitative estimate of drug-likeness (QED) is 0.707. The predicted molar refractivity (Wildman–Crippen MR) is 89.6 cm³/mol. The summed E-state index contributed by atoms with van der Waals surface area (Å²) in [5.74, 6) is -4.10. The van der Waals surface area contributed by atoms with Crippen LogP contribution in [0, 0.1) is 11.6 Å². The van der Waals surface area contributed by atoms with Gasteiger partial charge in [-0.2, -0.15) is 0 Å². The summed E-state index contributed by atoms with van der Waals surface area (Å²) in [6.45, 7) is -0.763. The van der Waals surface area contributed by atoms with E-state index in [1.54, 1.807) is 0 Å². The lowest BCUT2D eigenvalue weighted by Gasteiger charge is -2.10. The van der Waals surface area contributed by atoms with E-state index in [4.69, 9.17) is 14.6 Å². The number of halogens is 2. The van der Waals surface area contributed by atoms with Crippen molar-refractivity contribution in [2.24, 2.45) is 5.14 Å². The zero-order valence-electron chi connectivity index (χ0n) is 13.9. The number of primary sulfonamides is 1. The molecule has 0 saturated carbocycles. The van der Waals surface area contributed by atoms with E-state index in [1.165, 1.54) is 13.2 Å². The van der Waals surface area contributed by atoms with Crippen LogP contribution in [0.15, 0.2) is 41.3 Å². The lowest BCUT2D eigenvalue weighted by atomic mass is 10.2. The highest BCUT2D eigenvalue weighted by atomic mass is 32.2. The summed E-state index contributed by atoms with van der Waals surface area (Å²) in [5, 5.41) is 7.22. The molecule has 1 amide bonds. The zero-order chi connectivity index (χ0) is 20.2. The lowest BCUT2D eigenvalue weighted by Crippen LogP contribution is -2.21. The summed E-state index contributed by atoms with van der Waals surface area (Å²) >= 11 is 0. The van der Waals surface area contributed by atoms with Crippen molar-refractivity contribution in [1.82, 2.24) is 0 Å². The summed E-state index contributed by atoms with van der Waals surface area (Å²) < 4.78 is 58.5. The first-order chi connectivity index (χ1) is 12.6. The second-order valence-corrected chi connectivity index (χ2v) is 6.72. The number of benzene rings is 2. The molecule has 0 aliphatic carbocycles. The van der Waals surface area contributed by atoms with Crippen molar-refractivity contribution in [3.63, 3.8) is 0 Å². The topological polar surface area (TPSA) is 125 Å². The number of amides is 1. The summed E-state index contributed by atoms with van der Waals surface area (Å²) in [6, 6.07) is 5.99. The van der Waals surface area contributed by atoms with Crippen molar-refractivity contribution in [2.45, 2.75) is 4.90 Å². The molecule has 0 radical (unpaired) electrons. The Balaban J connectivity index is 2.08. The van der Waals surface area contributed by atoms with Crippen LogP contribution in [0.4, 0.5) is 14.5 Å². The average molecular weight is 400 g/mol. The molecule has 0 heterocycles. The summed E-state index contributed by atoms with van der Waals surface area (Å²) in [6.07, 6.45) is 0. The Morgan fingerprint density at radius 3 is 2.41 bits per heavy atom. The number of anilines is 1. The number of sulfonamides is 1. The monoisotopic (exact) mass is 400 g/mol. The van der Waals surface area contributed by atoms with Gasteiger partial charge in [0.25, 0.3) is 5.91 Å². The molecule has 2 aromatic rings. The molecule has 0 aliphatic rings. The van der Waals surface area contributed by atoms with Crippen LogP contribution in [0.5, 0.6) is 5.75 Å². The molecule has 2 rings (SSSR count). The van der Waals surface area contributed by atoms with E-state index in [2.05, 4.69) is 5.32 Å². The molecule has 0 atom stereocenters. The molecular weight excluding hydrogens is 386 g/mol. The molecule has 0 unspecified atom stereocenters. The number of nitrogens with two attached hydrogens (primary N) is 1. The SMILES string of the molecule is COc1ccc(S(N)(=O)=O)cc1C(=O)OCC(=O)Nc1ccc(F)c(F)c1. The van der Waals surface area contributed by atoms with Gasteiger partial charge >= 0.3 is 5.97 Å². The molecule has 2 aromatic carbocycles. The van der Waals surface area contributed by atoms with Crippen LogP contribution >= 0.6 is 0 Å². The second kappa shape index (κ2) is 8.10. The van der Waals surface area contributed by atoms with Gasteiger partial charge in [0, 0.05) is 11.8 Å². The second-order valence-electron chi connectivity index (χ2n) is 5.16. The first-order valence-corrected chi connectivity index (χ1v) is 8.79. The molecule has 0 spiro atoms. The van der Waals surface area contributed by atoms with E-state index in [1.807, 2.05) is 0 Å². The number of carbonyl (C=O) groups excluding carboxylic acids is 2. The minimum absolute atomic E-state index is 0.00779. The highest BCUT2D eigenvalue weighted by Gasteiger charge is 2.19. The van der Waals surface area contributed by atoms with Crippen LogP contribution in [0.1, 0.15) is 10.4 Å². The van der Waals surface area contributed by atoms with Gasteiger partial charge in [0.15, 0.2) is 18.2 Å². The molecule has 27 heavy (non-hydrogen) atoms. The van der Waals surface area contributed by atoms with Crippen molar-refractivity contribution in [1.29, 1.82) is 0 Å². The van der Waals surface area contributed by atoms with Crippen molar-refractivity contribution in [3.8, 4) is 5.75 Å². The fourth-order valence-electron chi connectivity index (χ4n) is 2.00. The van der Waals surface area contributed by atoms with Gasteiger partial charge in [-0.3, -0.25) is 4.79 Å². The van der Waals surface area contributed by atoms with Gasteiger partial charge in [0.1, 0.15) is 11.3 Å². The van der Waals surface area contributed by atoms with Crippen molar-refractivity contribution in [3.05, 3.63) is 53.6 Å². The fraction of sp³-hybridized carbons (Fsp3) is 0.125. The largest absolute Gasteiger partial charge is 0.496 e. The Kier molecular flexibility index (Phi) is 6.08. The van der Waals surface area contributed by atoms with Gasteiger partial charge < -0.3 is 14.8 Å². The minimum atomic E-state index is -4.07. The Bertz CT molecular complexity index is 994.